The third kappa shape index (κ3) is 2.16. The summed E-state index contributed by atoms with van der Waals surface area (Å²) in [5.74, 6) is 1.56. The molecule has 1 N–H and O–H groups in total. The van der Waals surface area contributed by atoms with Crippen LogP contribution in [0.15, 0.2) is 48.5 Å². The molecule has 1 aliphatic heterocycles. The van der Waals surface area contributed by atoms with Crippen molar-refractivity contribution in [3.63, 3.8) is 0 Å². The van der Waals surface area contributed by atoms with Gasteiger partial charge in [-0.1, -0.05) is 18.2 Å². The molecule has 0 bridgehead atoms. The monoisotopic (exact) mass is 243 g/mol. The summed E-state index contributed by atoms with van der Waals surface area (Å²) in [6.45, 7) is 0.471. The van der Waals surface area contributed by atoms with E-state index in [1.54, 1.807) is 6.07 Å². The highest BCUT2D eigenvalue weighted by Gasteiger charge is 2.16. The van der Waals surface area contributed by atoms with Crippen molar-refractivity contribution in [2.75, 3.05) is 11.8 Å². The molecule has 2 aromatic rings. The van der Waals surface area contributed by atoms with Gasteiger partial charge in [-0.2, -0.15) is 0 Å². The third-order valence-electron chi connectivity index (χ3n) is 2.82. The predicted octanol–water partition coefficient (Wildman–Crippen LogP) is 3.16. The summed E-state index contributed by atoms with van der Waals surface area (Å²) >= 11 is 0. The van der Waals surface area contributed by atoms with Crippen LogP contribution in [0.4, 0.5) is 5.69 Å². The van der Waals surface area contributed by atoms with E-state index in [-0.39, 0.29) is 0 Å². The Morgan fingerprint density at radius 2 is 1.89 bits per heavy atom. The molecular formula is C14H13NO3. The van der Waals surface area contributed by atoms with Gasteiger partial charge in [0.1, 0.15) is 11.5 Å². The summed E-state index contributed by atoms with van der Waals surface area (Å²) in [6.07, 6.45) is 0.762. The van der Waals surface area contributed by atoms with Crippen LogP contribution >= 0.6 is 0 Å². The molecule has 0 fully saturated rings. The first kappa shape index (κ1) is 11.1. The van der Waals surface area contributed by atoms with Gasteiger partial charge in [0.05, 0.1) is 12.3 Å². The van der Waals surface area contributed by atoms with E-state index in [0.29, 0.717) is 12.3 Å². The van der Waals surface area contributed by atoms with Gasteiger partial charge in [-0.3, -0.25) is 5.21 Å². The Morgan fingerprint density at radius 1 is 1.06 bits per heavy atom. The molecule has 0 aliphatic carbocycles. The van der Waals surface area contributed by atoms with Gasteiger partial charge in [0.2, 0.25) is 0 Å². The minimum atomic E-state index is 0.471. The molecule has 0 amide bonds. The standard InChI is InChI=1S/C14H13NO3/c16-15-14-7-6-13(10-11(14)8-9-17-15)18-12-4-2-1-3-5-12/h1-7,10,16H,8-9H2. The van der Waals surface area contributed by atoms with Crippen molar-refractivity contribution in [2.45, 2.75) is 6.42 Å². The van der Waals surface area contributed by atoms with E-state index in [1.165, 1.54) is 0 Å². The van der Waals surface area contributed by atoms with Gasteiger partial charge in [0, 0.05) is 6.42 Å². The Kier molecular flexibility index (Phi) is 2.88. The Hall–Kier alpha value is -2.04. The Balaban J connectivity index is 1.86. The van der Waals surface area contributed by atoms with E-state index in [9.17, 15) is 5.21 Å². The van der Waals surface area contributed by atoms with Gasteiger partial charge in [0.25, 0.3) is 0 Å². The van der Waals surface area contributed by atoms with Crippen LogP contribution in [-0.2, 0) is 11.3 Å². The van der Waals surface area contributed by atoms with Crippen molar-refractivity contribution in [3.05, 3.63) is 54.1 Å². The smallest absolute Gasteiger partial charge is 0.127 e. The van der Waals surface area contributed by atoms with Crippen LogP contribution in [0, 0.1) is 0 Å². The zero-order valence-corrected chi connectivity index (χ0v) is 9.74. The van der Waals surface area contributed by atoms with E-state index in [0.717, 1.165) is 28.7 Å². The van der Waals surface area contributed by atoms with Crippen LogP contribution in [0.2, 0.25) is 0 Å². The molecule has 0 saturated heterocycles. The van der Waals surface area contributed by atoms with E-state index in [1.807, 2.05) is 42.5 Å². The maximum absolute atomic E-state index is 9.51. The minimum absolute atomic E-state index is 0.471. The van der Waals surface area contributed by atoms with Gasteiger partial charge < -0.3 is 4.74 Å². The Bertz CT molecular complexity index is 542. The number of ether oxygens (including phenoxy) is 1. The fourth-order valence-corrected chi connectivity index (χ4v) is 1.95. The molecular weight excluding hydrogens is 230 g/mol. The van der Waals surface area contributed by atoms with Crippen molar-refractivity contribution in [1.29, 1.82) is 0 Å². The molecule has 4 nitrogen and oxygen atoms in total. The molecule has 2 aromatic carbocycles. The number of fused-ring (bicyclic) bond motifs is 1. The van der Waals surface area contributed by atoms with E-state index in [2.05, 4.69) is 0 Å². The van der Waals surface area contributed by atoms with E-state index < -0.39 is 0 Å². The molecule has 0 spiro atoms. The number of hydrogen-bond acceptors (Lipinski definition) is 4. The number of para-hydroxylation sites is 1. The zero-order chi connectivity index (χ0) is 12.4. The fourth-order valence-electron chi connectivity index (χ4n) is 1.95. The van der Waals surface area contributed by atoms with Crippen LogP contribution in [0.25, 0.3) is 0 Å². The second-order valence-electron chi connectivity index (χ2n) is 4.06. The first-order valence-corrected chi connectivity index (χ1v) is 5.81. The molecule has 3 rings (SSSR count). The maximum Gasteiger partial charge on any atom is 0.127 e. The van der Waals surface area contributed by atoms with Gasteiger partial charge in [0.15, 0.2) is 0 Å². The number of anilines is 1. The number of rotatable bonds is 2. The Morgan fingerprint density at radius 3 is 2.72 bits per heavy atom. The second-order valence-corrected chi connectivity index (χ2v) is 4.06. The quantitative estimate of drug-likeness (QED) is 0.879. The van der Waals surface area contributed by atoms with Crippen LogP contribution in [0.1, 0.15) is 5.56 Å². The van der Waals surface area contributed by atoms with Crippen LogP contribution in [0.5, 0.6) is 11.5 Å². The van der Waals surface area contributed by atoms with E-state index >= 15 is 0 Å². The molecule has 0 radical (unpaired) electrons. The van der Waals surface area contributed by atoms with Gasteiger partial charge in [-0.25, -0.2) is 4.84 Å². The summed E-state index contributed by atoms with van der Waals surface area (Å²) in [5.41, 5.74) is 1.68. The zero-order valence-electron chi connectivity index (χ0n) is 9.74. The number of benzene rings is 2. The minimum Gasteiger partial charge on any atom is -0.457 e. The average molecular weight is 243 g/mol. The highest BCUT2D eigenvalue weighted by atomic mass is 16.9. The third-order valence-corrected chi connectivity index (χ3v) is 2.82. The van der Waals surface area contributed by atoms with E-state index in [4.69, 9.17) is 9.57 Å². The summed E-state index contributed by atoms with van der Waals surface area (Å²) in [7, 11) is 0. The second kappa shape index (κ2) is 4.68. The first-order valence-electron chi connectivity index (χ1n) is 5.81. The number of nitrogens with zero attached hydrogens (tertiary/aromatic N) is 1. The topological polar surface area (TPSA) is 41.9 Å². The lowest BCUT2D eigenvalue weighted by atomic mass is 10.1. The molecule has 0 unspecified atom stereocenters. The normalized spacial score (nSPS) is 14.2. The summed E-state index contributed by atoms with van der Waals surface area (Å²) in [5, 5.41) is 10.3. The van der Waals surface area contributed by atoms with Gasteiger partial charge in [-0.05, 0) is 35.9 Å². The summed E-state index contributed by atoms with van der Waals surface area (Å²) in [4.78, 5) is 5.01. The lowest BCUT2D eigenvalue weighted by Gasteiger charge is -2.24. The van der Waals surface area contributed by atoms with Gasteiger partial charge in [-0.15, -0.1) is 5.23 Å². The molecule has 4 heteroatoms. The highest BCUT2D eigenvalue weighted by Crippen LogP contribution is 2.30. The highest BCUT2D eigenvalue weighted by molar-refractivity contribution is 5.54. The van der Waals surface area contributed by atoms with Crippen LogP contribution in [-0.4, -0.2) is 11.8 Å². The van der Waals surface area contributed by atoms with Crippen molar-refractivity contribution < 1.29 is 14.8 Å². The lowest BCUT2D eigenvalue weighted by molar-refractivity contribution is -0.0473. The summed E-state index contributed by atoms with van der Waals surface area (Å²) < 4.78 is 5.74. The van der Waals surface area contributed by atoms with Crippen molar-refractivity contribution in [3.8, 4) is 11.5 Å². The van der Waals surface area contributed by atoms with Gasteiger partial charge >= 0.3 is 0 Å². The lowest BCUT2D eigenvalue weighted by Crippen LogP contribution is -2.26. The van der Waals surface area contributed by atoms with Crippen molar-refractivity contribution in [1.82, 2.24) is 0 Å². The largest absolute Gasteiger partial charge is 0.457 e. The molecule has 0 saturated carbocycles. The summed E-state index contributed by atoms with van der Waals surface area (Å²) in [6, 6.07) is 15.1. The van der Waals surface area contributed by atoms with Crippen molar-refractivity contribution in [2.24, 2.45) is 0 Å². The molecule has 18 heavy (non-hydrogen) atoms. The molecule has 92 valence electrons. The first-order chi connectivity index (χ1) is 8.83. The fraction of sp³-hybridized carbons (Fsp3) is 0.143. The Labute approximate surface area is 105 Å². The maximum atomic E-state index is 9.51. The van der Waals surface area contributed by atoms with Crippen molar-refractivity contribution >= 4 is 5.69 Å². The molecule has 1 heterocycles. The predicted molar refractivity (Wildman–Crippen MR) is 66.9 cm³/mol. The van der Waals surface area contributed by atoms with Crippen LogP contribution in [0.3, 0.4) is 0 Å². The number of hydrogen-bond donors (Lipinski definition) is 1. The molecule has 1 aliphatic rings. The average Bonchev–Trinajstić information content (AvgIpc) is 2.40. The van der Waals surface area contributed by atoms with Crippen LogP contribution < -0.4 is 9.96 Å². The molecule has 0 atom stereocenters. The molecule has 0 aromatic heterocycles. The SMILES string of the molecule is ON1OCCc2cc(Oc3ccccc3)ccc21.